The van der Waals surface area contributed by atoms with Crippen molar-refractivity contribution in [1.82, 2.24) is 4.98 Å². The van der Waals surface area contributed by atoms with Crippen LogP contribution < -0.4 is 24.3 Å². The van der Waals surface area contributed by atoms with Crippen molar-refractivity contribution in [2.75, 3.05) is 33.8 Å². The molecule has 0 saturated carbocycles. The Morgan fingerprint density at radius 3 is 2.07 bits per heavy atom. The first kappa shape index (κ1) is 19.4. The number of aromatic nitrogens is 1. The fraction of sp³-hybridized carbons (Fsp3) is 0.227. The van der Waals surface area contributed by atoms with E-state index in [1.165, 1.54) is 0 Å². The molecule has 2 aromatic carbocycles. The molecule has 0 amide bonds. The molecule has 6 heteroatoms. The van der Waals surface area contributed by atoms with E-state index in [0.29, 0.717) is 23.8 Å². The van der Waals surface area contributed by atoms with Crippen LogP contribution in [0.25, 0.3) is 11.3 Å². The molecule has 0 aliphatic rings. The Bertz CT molecular complexity index is 901. The molecule has 146 valence electrons. The zero-order chi connectivity index (χ0) is 19.9. The van der Waals surface area contributed by atoms with Gasteiger partial charge in [0, 0.05) is 18.3 Å². The monoisotopic (exact) mass is 380 g/mol. The maximum Gasteiger partial charge on any atom is 0.203 e. The van der Waals surface area contributed by atoms with Gasteiger partial charge in [0.25, 0.3) is 0 Å². The van der Waals surface area contributed by atoms with Gasteiger partial charge in [0.15, 0.2) is 11.5 Å². The highest BCUT2D eigenvalue weighted by Crippen LogP contribution is 2.42. The number of benzene rings is 2. The fourth-order valence-corrected chi connectivity index (χ4v) is 2.94. The standard InChI is InChI=1S/C22H24N2O4/c1-25-17-9-7-15(8-10-17)14-24-18-6-5-11-23-21(18)16-12-19(26-2)22(28-4)20(13-16)27-3/h5-13,24H,14H2,1-4H3. The molecule has 28 heavy (non-hydrogen) atoms. The lowest BCUT2D eigenvalue weighted by atomic mass is 10.1. The van der Waals surface area contributed by atoms with Crippen LogP contribution in [0, 0.1) is 0 Å². The molecular formula is C22H24N2O4. The lowest BCUT2D eigenvalue weighted by Crippen LogP contribution is -2.02. The second-order valence-corrected chi connectivity index (χ2v) is 6.02. The number of pyridine rings is 1. The smallest absolute Gasteiger partial charge is 0.203 e. The molecule has 1 aromatic heterocycles. The van der Waals surface area contributed by atoms with Gasteiger partial charge in [0.05, 0.1) is 39.8 Å². The van der Waals surface area contributed by atoms with Crippen molar-refractivity contribution in [3.8, 4) is 34.3 Å². The zero-order valence-corrected chi connectivity index (χ0v) is 16.5. The first-order chi connectivity index (χ1) is 13.7. The summed E-state index contributed by atoms with van der Waals surface area (Å²) in [5, 5.41) is 3.45. The molecule has 1 heterocycles. The quantitative estimate of drug-likeness (QED) is 0.625. The van der Waals surface area contributed by atoms with E-state index >= 15 is 0 Å². The lowest BCUT2D eigenvalue weighted by molar-refractivity contribution is 0.324. The highest BCUT2D eigenvalue weighted by Gasteiger charge is 2.16. The number of hydrogen-bond acceptors (Lipinski definition) is 6. The predicted molar refractivity (Wildman–Crippen MR) is 110 cm³/mol. The molecule has 0 spiro atoms. The van der Waals surface area contributed by atoms with Crippen LogP contribution in [0.5, 0.6) is 23.0 Å². The SMILES string of the molecule is COc1ccc(CNc2cccnc2-c2cc(OC)c(OC)c(OC)c2)cc1. The van der Waals surface area contributed by atoms with Crippen LogP contribution in [-0.4, -0.2) is 33.4 Å². The molecule has 0 radical (unpaired) electrons. The van der Waals surface area contributed by atoms with Crippen LogP contribution in [0.15, 0.2) is 54.7 Å². The van der Waals surface area contributed by atoms with Crippen molar-refractivity contribution in [2.24, 2.45) is 0 Å². The minimum atomic E-state index is 0.553. The van der Waals surface area contributed by atoms with E-state index < -0.39 is 0 Å². The Hall–Kier alpha value is -3.41. The molecule has 0 aliphatic carbocycles. The van der Waals surface area contributed by atoms with Gasteiger partial charge in [0.1, 0.15) is 5.75 Å². The van der Waals surface area contributed by atoms with Gasteiger partial charge in [-0.3, -0.25) is 4.98 Å². The summed E-state index contributed by atoms with van der Waals surface area (Å²) >= 11 is 0. The van der Waals surface area contributed by atoms with E-state index in [-0.39, 0.29) is 0 Å². The highest BCUT2D eigenvalue weighted by molar-refractivity contribution is 5.77. The summed E-state index contributed by atoms with van der Waals surface area (Å²) in [5.74, 6) is 2.56. The Balaban J connectivity index is 1.91. The molecule has 3 rings (SSSR count). The van der Waals surface area contributed by atoms with E-state index in [9.17, 15) is 0 Å². The first-order valence-corrected chi connectivity index (χ1v) is 8.82. The minimum absolute atomic E-state index is 0.553. The third kappa shape index (κ3) is 4.11. The van der Waals surface area contributed by atoms with Crippen molar-refractivity contribution in [1.29, 1.82) is 0 Å². The van der Waals surface area contributed by atoms with Gasteiger partial charge in [-0.2, -0.15) is 0 Å². The molecule has 0 saturated heterocycles. The van der Waals surface area contributed by atoms with Gasteiger partial charge in [-0.1, -0.05) is 12.1 Å². The van der Waals surface area contributed by atoms with E-state index in [0.717, 1.165) is 28.3 Å². The third-order valence-corrected chi connectivity index (χ3v) is 4.39. The van der Waals surface area contributed by atoms with Crippen LogP contribution in [0.2, 0.25) is 0 Å². The summed E-state index contributed by atoms with van der Waals surface area (Å²) in [6, 6.07) is 15.6. The number of nitrogens with zero attached hydrogens (tertiary/aromatic N) is 1. The summed E-state index contributed by atoms with van der Waals surface area (Å²) < 4.78 is 21.5. The van der Waals surface area contributed by atoms with Gasteiger partial charge in [0.2, 0.25) is 5.75 Å². The molecule has 3 aromatic rings. The second-order valence-electron chi connectivity index (χ2n) is 6.02. The van der Waals surface area contributed by atoms with Crippen LogP contribution >= 0.6 is 0 Å². The summed E-state index contributed by atoms with van der Waals surface area (Å²) in [7, 11) is 6.44. The highest BCUT2D eigenvalue weighted by atomic mass is 16.5. The predicted octanol–water partition coefficient (Wildman–Crippen LogP) is 4.40. The Morgan fingerprint density at radius 1 is 0.821 bits per heavy atom. The first-order valence-electron chi connectivity index (χ1n) is 8.82. The van der Waals surface area contributed by atoms with Crippen molar-refractivity contribution in [3.05, 3.63) is 60.3 Å². The van der Waals surface area contributed by atoms with Crippen molar-refractivity contribution >= 4 is 5.69 Å². The Morgan fingerprint density at radius 2 is 1.50 bits per heavy atom. The Kier molecular flexibility index (Phi) is 6.22. The van der Waals surface area contributed by atoms with Crippen molar-refractivity contribution in [2.45, 2.75) is 6.54 Å². The van der Waals surface area contributed by atoms with Crippen LogP contribution in [0.3, 0.4) is 0 Å². The number of anilines is 1. The maximum atomic E-state index is 5.47. The van der Waals surface area contributed by atoms with Gasteiger partial charge in [-0.25, -0.2) is 0 Å². The molecule has 0 unspecified atom stereocenters. The molecule has 6 nitrogen and oxygen atoms in total. The normalized spacial score (nSPS) is 10.3. The average molecular weight is 380 g/mol. The van der Waals surface area contributed by atoms with Crippen molar-refractivity contribution < 1.29 is 18.9 Å². The molecule has 0 atom stereocenters. The molecule has 0 fully saturated rings. The van der Waals surface area contributed by atoms with E-state index in [1.54, 1.807) is 34.6 Å². The van der Waals surface area contributed by atoms with Crippen molar-refractivity contribution in [3.63, 3.8) is 0 Å². The van der Waals surface area contributed by atoms with E-state index in [2.05, 4.69) is 10.3 Å². The van der Waals surface area contributed by atoms with E-state index in [1.807, 2.05) is 48.5 Å². The summed E-state index contributed by atoms with van der Waals surface area (Å²) in [4.78, 5) is 4.56. The number of rotatable bonds is 8. The number of methoxy groups -OCH3 is 4. The van der Waals surface area contributed by atoms with Crippen LogP contribution in [-0.2, 0) is 6.54 Å². The maximum absolute atomic E-state index is 5.47. The number of hydrogen-bond donors (Lipinski definition) is 1. The van der Waals surface area contributed by atoms with E-state index in [4.69, 9.17) is 18.9 Å². The number of ether oxygens (including phenoxy) is 4. The largest absolute Gasteiger partial charge is 0.497 e. The lowest BCUT2D eigenvalue weighted by Gasteiger charge is -2.16. The summed E-state index contributed by atoms with van der Waals surface area (Å²) in [6.07, 6.45) is 1.76. The Labute approximate surface area is 165 Å². The van der Waals surface area contributed by atoms with Crippen LogP contribution in [0.1, 0.15) is 5.56 Å². The molecule has 0 bridgehead atoms. The zero-order valence-electron chi connectivity index (χ0n) is 16.5. The van der Waals surface area contributed by atoms with Gasteiger partial charge >= 0.3 is 0 Å². The topological polar surface area (TPSA) is 61.8 Å². The van der Waals surface area contributed by atoms with Gasteiger partial charge < -0.3 is 24.3 Å². The molecular weight excluding hydrogens is 356 g/mol. The number of nitrogens with one attached hydrogen (secondary N) is 1. The summed E-state index contributed by atoms with van der Waals surface area (Å²) in [5.41, 5.74) is 3.72. The molecule has 1 N–H and O–H groups in total. The van der Waals surface area contributed by atoms with Crippen LogP contribution in [0.4, 0.5) is 5.69 Å². The van der Waals surface area contributed by atoms with Gasteiger partial charge in [-0.15, -0.1) is 0 Å². The third-order valence-electron chi connectivity index (χ3n) is 4.39. The minimum Gasteiger partial charge on any atom is -0.497 e. The summed E-state index contributed by atoms with van der Waals surface area (Å²) in [6.45, 7) is 0.660. The molecule has 0 aliphatic heterocycles. The fourth-order valence-electron chi connectivity index (χ4n) is 2.94. The average Bonchev–Trinajstić information content (AvgIpc) is 2.77. The van der Waals surface area contributed by atoms with Gasteiger partial charge in [-0.05, 0) is 42.0 Å². The second kappa shape index (κ2) is 8.99.